The van der Waals surface area contributed by atoms with Gasteiger partial charge in [-0.15, -0.1) is 0 Å². The minimum Gasteiger partial charge on any atom is -0.494 e. The van der Waals surface area contributed by atoms with E-state index >= 15 is 0 Å². The fourth-order valence-corrected chi connectivity index (χ4v) is 2.50. The zero-order chi connectivity index (χ0) is 15.5. The Labute approximate surface area is 131 Å². The third-order valence-corrected chi connectivity index (χ3v) is 3.68. The Balaban J connectivity index is 1.98. The highest BCUT2D eigenvalue weighted by molar-refractivity contribution is 5.67. The van der Waals surface area contributed by atoms with Crippen LogP contribution in [0.2, 0.25) is 0 Å². The summed E-state index contributed by atoms with van der Waals surface area (Å²) >= 11 is 0. The third kappa shape index (κ3) is 2.89. The lowest BCUT2D eigenvalue weighted by Crippen LogP contribution is -1.98. The van der Waals surface area contributed by atoms with Gasteiger partial charge in [-0.05, 0) is 61.7 Å². The molecule has 0 radical (unpaired) electrons. The standard InChI is InChI=1S/C19H20N2O/c1-4-22-18-9-7-16(8-10-18)17-6-5-14(2)19(13-17)21-12-11-15(3)20-21/h5-13H,4H2,1-3H3. The third-order valence-electron chi connectivity index (χ3n) is 3.68. The van der Waals surface area contributed by atoms with E-state index in [0.717, 1.165) is 17.1 Å². The van der Waals surface area contributed by atoms with Gasteiger partial charge in [-0.3, -0.25) is 0 Å². The predicted molar refractivity (Wildman–Crippen MR) is 89.6 cm³/mol. The first-order valence-electron chi connectivity index (χ1n) is 7.54. The van der Waals surface area contributed by atoms with Gasteiger partial charge in [0.2, 0.25) is 0 Å². The van der Waals surface area contributed by atoms with Gasteiger partial charge in [0.1, 0.15) is 5.75 Å². The van der Waals surface area contributed by atoms with Crippen LogP contribution in [0.1, 0.15) is 18.2 Å². The molecule has 112 valence electrons. The number of rotatable bonds is 4. The molecule has 0 aliphatic heterocycles. The summed E-state index contributed by atoms with van der Waals surface area (Å²) in [6.07, 6.45) is 2.00. The number of hydrogen-bond acceptors (Lipinski definition) is 2. The Bertz CT molecular complexity index is 772. The summed E-state index contributed by atoms with van der Waals surface area (Å²) < 4.78 is 7.43. The molecule has 0 saturated heterocycles. The van der Waals surface area contributed by atoms with Crippen LogP contribution < -0.4 is 4.74 Å². The first-order chi connectivity index (χ1) is 10.7. The summed E-state index contributed by atoms with van der Waals surface area (Å²) in [4.78, 5) is 0. The minimum absolute atomic E-state index is 0.687. The van der Waals surface area contributed by atoms with Crippen LogP contribution in [-0.2, 0) is 0 Å². The van der Waals surface area contributed by atoms with E-state index < -0.39 is 0 Å². The van der Waals surface area contributed by atoms with Crippen LogP contribution in [0.3, 0.4) is 0 Å². The van der Waals surface area contributed by atoms with Crippen LogP contribution >= 0.6 is 0 Å². The second-order valence-corrected chi connectivity index (χ2v) is 5.36. The van der Waals surface area contributed by atoms with Gasteiger partial charge < -0.3 is 4.74 Å². The first-order valence-corrected chi connectivity index (χ1v) is 7.54. The summed E-state index contributed by atoms with van der Waals surface area (Å²) in [5.74, 6) is 0.904. The lowest BCUT2D eigenvalue weighted by Gasteiger charge is -2.10. The largest absolute Gasteiger partial charge is 0.494 e. The molecule has 1 aromatic heterocycles. The number of benzene rings is 2. The Hall–Kier alpha value is -2.55. The van der Waals surface area contributed by atoms with Crippen LogP contribution in [0.5, 0.6) is 5.75 Å². The topological polar surface area (TPSA) is 27.1 Å². The van der Waals surface area contributed by atoms with Gasteiger partial charge in [-0.25, -0.2) is 4.68 Å². The molecule has 0 atom stereocenters. The van der Waals surface area contributed by atoms with Crippen LogP contribution in [0.25, 0.3) is 16.8 Å². The zero-order valence-corrected chi connectivity index (χ0v) is 13.2. The molecular formula is C19H20N2O. The van der Waals surface area contributed by atoms with E-state index in [9.17, 15) is 0 Å². The van der Waals surface area contributed by atoms with Crippen molar-refractivity contribution in [3.63, 3.8) is 0 Å². The lowest BCUT2D eigenvalue weighted by molar-refractivity contribution is 0.340. The van der Waals surface area contributed by atoms with Gasteiger partial charge in [0.15, 0.2) is 0 Å². The highest BCUT2D eigenvalue weighted by Gasteiger charge is 2.06. The number of aromatic nitrogens is 2. The number of nitrogens with zero attached hydrogens (tertiary/aromatic N) is 2. The smallest absolute Gasteiger partial charge is 0.119 e. The molecule has 3 rings (SSSR count). The summed E-state index contributed by atoms with van der Waals surface area (Å²) in [7, 11) is 0. The molecule has 0 saturated carbocycles. The maximum Gasteiger partial charge on any atom is 0.119 e. The maximum absolute atomic E-state index is 5.50. The Morgan fingerprint density at radius 3 is 2.32 bits per heavy atom. The van der Waals surface area contributed by atoms with Crippen molar-refractivity contribution >= 4 is 0 Å². The Morgan fingerprint density at radius 1 is 0.955 bits per heavy atom. The van der Waals surface area contributed by atoms with Gasteiger partial charge in [-0.1, -0.05) is 24.3 Å². The molecule has 0 bridgehead atoms. The van der Waals surface area contributed by atoms with Crippen LogP contribution in [-0.4, -0.2) is 16.4 Å². The highest BCUT2D eigenvalue weighted by Crippen LogP contribution is 2.26. The van der Waals surface area contributed by atoms with Crippen molar-refractivity contribution in [1.29, 1.82) is 0 Å². The molecule has 0 fully saturated rings. The quantitative estimate of drug-likeness (QED) is 0.705. The molecule has 3 nitrogen and oxygen atoms in total. The number of ether oxygens (including phenoxy) is 1. The van der Waals surface area contributed by atoms with E-state index in [2.05, 4.69) is 42.4 Å². The van der Waals surface area contributed by atoms with Crippen molar-refractivity contribution in [2.75, 3.05) is 6.61 Å². The molecule has 3 heteroatoms. The average Bonchev–Trinajstić information content (AvgIpc) is 2.95. The molecule has 2 aromatic carbocycles. The normalized spacial score (nSPS) is 10.7. The minimum atomic E-state index is 0.687. The molecule has 22 heavy (non-hydrogen) atoms. The van der Waals surface area contributed by atoms with E-state index in [1.54, 1.807) is 0 Å². The molecule has 3 aromatic rings. The molecule has 0 amide bonds. The van der Waals surface area contributed by atoms with Crippen LogP contribution in [0.15, 0.2) is 54.7 Å². The summed E-state index contributed by atoms with van der Waals surface area (Å²) in [5.41, 5.74) is 5.69. The van der Waals surface area contributed by atoms with Gasteiger partial charge in [0, 0.05) is 6.20 Å². The molecule has 1 heterocycles. The summed E-state index contributed by atoms with van der Waals surface area (Å²) in [5, 5.41) is 4.51. The number of aryl methyl sites for hydroxylation is 2. The van der Waals surface area contributed by atoms with Crippen molar-refractivity contribution in [2.24, 2.45) is 0 Å². The number of hydrogen-bond donors (Lipinski definition) is 0. The van der Waals surface area contributed by atoms with E-state index in [0.29, 0.717) is 6.61 Å². The van der Waals surface area contributed by atoms with E-state index in [4.69, 9.17) is 4.74 Å². The summed E-state index contributed by atoms with van der Waals surface area (Å²) in [6.45, 7) is 6.79. The molecule has 0 aliphatic carbocycles. The van der Waals surface area contributed by atoms with Crippen molar-refractivity contribution in [3.8, 4) is 22.6 Å². The molecule has 0 spiro atoms. The summed E-state index contributed by atoms with van der Waals surface area (Å²) in [6, 6.07) is 16.7. The lowest BCUT2D eigenvalue weighted by atomic mass is 10.0. The van der Waals surface area contributed by atoms with Crippen molar-refractivity contribution in [1.82, 2.24) is 9.78 Å². The van der Waals surface area contributed by atoms with Crippen LogP contribution in [0.4, 0.5) is 0 Å². The molecular weight excluding hydrogens is 272 g/mol. The van der Waals surface area contributed by atoms with Gasteiger partial charge >= 0.3 is 0 Å². The van der Waals surface area contributed by atoms with Gasteiger partial charge in [-0.2, -0.15) is 5.10 Å². The predicted octanol–water partition coefficient (Wildman–Crippen LogP) is 4.55. The fraction of sp³-hybridized carbons (Fsp3) is 0.211. The van der Waals surface area contributed by atoms with Crippen molar-refractivity contribution in [2.45, 2.75) is 20.8 Å². The van der Waals surface area contributed by atoms with Crippen molar-refractivity contribution < 1.29 is 4.74 Å². The van der Waals surface area contributed by atoms with Gasteiger partial charge in [0.25, 0.3) is 0 Å². The SMILES string of the molecule is CCOc1ccc(-c2ccc(C)c(-n3ccc(C)n3)c2)cc1. The maximum atomic E-state index is 5.50. The molecule has 0 unspecified atom stereocenters. The Morgan fingerprint density at radius 2 is 1.68 bits per heavy atom. The van der Waals surface area contributed by atoms with E-state index in [1.807, 2.05) is 42.9 Å². The van der Waals surface area contributed by atoms with Crippen LogP contribution in [0, 0.1) is 13.8 Å². The monoisotopic (exact) mass is 292 g/mol. The second kappa shape index (κ2) is 6.06. The second-order valence-electron chi connectivity index (χ2n) is 5.36. The first kappa shape index (κ1) is 14.4. The average molecular weight is 292 g/mol. The van der Waals surface area contributed by atoms with Gasteiger partial charge in [0.05, 0.1) is 18.0 Å². The van der Waals surface area contributed by atoms with Crippen molar-refractivity contribution in [3.05, 3.63) is 66.0 Å². The highest BCUT2D eigenvalue weighted by atomic mass is 16.5. The fourth-order valence-electron chi connectivity index (χ4n) is 2.50. The molecule has 0 N–H and O–H groups in total. The zero-order valence-electron chi connectivity index (χ0n) is 13.2. The Kier molecular flexibility index (Phi) is 3.96. The molecule has 0 aliphatic rings. The van der Waals surface area contributed by atoms with E-state index in [1.165, 1.54) is 16.7 Å². The van der Waals surface area contributed by atoms with E-state index in [-0.39, 0.29) is 0 Å².